The quantitative estimate of drug-likeness (QED) is 0.212. The van der Waals surface area contributed by atoms with Crippen LogP contribution in [0.5, 0.6) is 0 Å². The zero-order chi connectivity index (χ0) is 24.4. The number of rotatable bonds is 12. The van der Waals surface area contributed by atoms with Crippen LogP contribution in [0.1, 0.15) is 46.0 Å². The molecule has 9 nitrogen and oxygen atoms in total. The number of carbonyl (C=O) groups is 1. The average Bonchev–Trinajstić information content (AvgIpc) is 2.80. The lowest BCUT2D eigenvalue weighted by Crippen LogP contribution is -2.59. The van der Waals surface area contributed by atoms with Crippen molar-refractivity contribution >= 4 is 5.91 Å². The average molecular weight is 470 g/mol. The van der Waals surface area contributed by atoms with Gasteiger partial charge in [0, 0.05) is 18.9 Å². The predicted octanol–water partition coefficient (Wildman–Crippen LogP) is 1.13. The number of allylic oxidation sites excluding steroid dienone is 3. The number of unbranched alkanes of at least 4 members (excludes halogenated alkanes) is 2. The lowest BCUT2D eigenvalue weighted by atomic mass is 9.98. The highest BCUT2D eigenvalue weighted by molar-refractivity contribution is 5.75. The highest BCUT2D eigenvalue weighted by Crippen LogP contribution is 2.29. The molecule has 0 bridgehead atoms. The molecule has 9 heteroatoms. The first-order valence-corrected chi connectivity index (χ1v) is 11.6. The number of amides is 1. The van der Waals surface area contributed by atoms with Crippen molar-refractivity contribution in [3.63, 3.8) is 0 Å². The van der Waals surface area contributed by atoms with Gasteiger partial charge in [-0.15, -0.1) is 0 Å². The summed E-state index contributed by atoms with van der Waals surface area (Å²) in [4.78, 5) is 12.1. The van der Waals surface area contributed by atoms with E-state index in [-0.39, 0.29) is 11.8 Å². The minimum Gasteiger partial charge on any atom is -0.493 e. The standard InChI is InChI=1S/C24H39NO8/c1-15(2)8-6-4-5-7-9-20(27)25-13-16-10-11-17(18(12-16)31-3)32-24-23(30)22(29)21(28)19(14-26)33-24/h6,8,11-12,15-16,19,21-24,26,28-30H,4-5,7,9-10,13-14H2,1-3H3,(H,25,27)/t16?,19-,21-,22+,23-,24-/m1/s1. The van der Waals surface area contributed by atoms with E-state index >= 15 is 0 Å². The maximum Gasteiger partial charge on any atom is 0.229 e. The highest BCUT2D eigenvalue weighted by Gasteiger charge is 2.45. The molecule has 1 unspecified atom stereocenters. The van der Waals surface area contributed by atoms with Gasteiger partial charge in [0.1, 0.15) is 24.4 Å². The fraction of sp³-hybridized carbons (Fsp3) is 0.708. The van der Waals surface area contributed by atoms with Gasteiger partial charge in [-0.2, -0.15) is 0 Å². The summed E-state index contributed by atoms with van der Waals surface area (Å²) < 4.78 is 16.5. The maximum atomic E-state index is 12.1. The van der Waals surface area contributed by atoms with E-state index in [0.29, 0.717) is 36.8 Å². The number of aliphatic hydroxyl groups excluding tert-OH is 4. The number of hydrogen-bond acceptors (Lipinski definition) is 8. The number of hydrogen-bond donors (Lipinski definition) is 5. The van der Waals surface area contributed by atoms with Gasteiger partial charge in [0.15, 0.2) is 11.5 Å². The van der Waals surface area contributed by atoms with E-state index in [1.54, 1.807) is 6.08 Å². The van der Waals surface area contributed by atoms with Crippen molar-refractivity contribution in [2.75, 3.05) is 20.3 Å². The lowest BCUT2D eigenvalue weighted by molar-refractivity contribution is -0.291. The third-order valence-electron chi connectivity index (χ3n) is 5.65. The van der Waals surface area contributed by atoms with Gasteiger partial charge >= 0.3 is 0 Å². The Hall–Kier alpha value is -1.91. The molecule has 33 heavy (non-hydrogen) atoms. The second-order valence-electron chi connectivity index (χ2n) is 8.84. The third-order valence-corrected chi connectivity index (χ3v) is 5.65. The van der Waals surface area contributed by atoms with E-state index in [1.165, 1.54) is 7.11 Å². The Labute approximate surface area is 195 Å². The summed E-state index contributed by atoms with van der Waals surface area (Å²) in [6.45, 7) is 4.20. The summed E-state index contributed by atoms with van der Waals surface area (Å²) in [6.07, 6.45) is 4.99. The van der Waals surface area contributed by atoms with Gasteiger partial charge in [-0.25, -0.2) is 0 Å². The monoisotopic (exact) mass is 469 g/mol. The fourth-order valence-electron chi connectivity index (χ4n) is 3.68. The van der Waals surface area contributed by atoms with Gasteiger partial charge in [-0.05, 0) is 43.8 Å². The summed E-state index contributed by atoms with van der Waals surface area (Å²) in [5.41, 5.74) is 0. The van der Waals surface area contributed by atoms with Crippen LogP contribution >= 0.6 is 0 Å². The molecular weight excluding hydrogens is 430 g/mol. The Kier molecular flexibility index (Phi) is 11.4. The van der Waals surface area contributed by atoms with Crippen LogP contribution in [-0.4, -0.2) is 77.3 Å². The molecule has 0 aromatic heterocycles. The normalized spacial score (nSPS) is 30.2. The van der Waals surface area contributed by atoms with Crippen molar-refractivity contribution in [1.29, 1.82) is 0 Å². The zero-order valence-corrected chi connectivity index (χ0v) is 19.7. The number of aliphatic hydroxyl groups is 4. The van der Waals surface area contributed by atoms with Crippen molar-refractivity contribution < 1.29 is 39.4 Å². The molecule has 1 aliphatic heterocycles. The van der Waals surface area contributed by atoms with Gasteiger partial charge in [-0.1, -0.05) is 26.0 Å². The molecule has 1 saturated heterocycles. The Morgan fingerprint density at radius 2 is 1.97 bits per heavy atom. The number of carbonyl (C=O) groups excluding carboxylic acids is 1. The van der Waals surface area contributed by atoms with Gasteiger partial charge in [0.05, 0.1) is 13.7 Å². The Balaban J connectivity index is 1.79. The predicted molar refractivity (Wildman–Crippen MR) is 122 cm³/mol. The van der Waals surface area contributed by atoms with Gasteiger partial charge in [-0.3, -0.25) is 4.79 Å². The molecule has 6 atom stereocenters. The number of ether oxygens (including phenoxy) is 3. The van der Waals surface area contributed by atoms with Crippen LogP contribution in [0.4, 0.5) is 0 Å². The Morgan fingerprint density at radius 1 is 1.21 bits per heavy atom. The molecule has 0 spiro atoms. The van der Waals surface area contributed by atoms with Crippen LogP contribution in [0.2, 0.25) is 0 Å². The molecular formula is C24H39NO8. The van der Waals surface area contributed by atoms with Crippen LogP contribution in [0.3, 0.4) is 0 Å². The topological polar surface area (TPSA) is 138 Å². The summed E-state index contributed by atoms with van der Waals surface area (Å²) in [7, 11) is 1.48. The first-order valence-electron chi connectivity index (χ1n) is 11.6. The molecule has 2 aliphatic rings. The molecule has 1 aliphatic carbocycles. The first kappa shape index (κ1) is 27.3. The fourth-order valence-corrected chi connectivity index (χ4v) is 3.68. The van der Waals surface area contributed by atoms with Gasteiger partial charge in [0.25, 0.3) is 0 Å². The summed E-state index contributed by atoms with van der Waals surface area (Å²) in [5.74, 6) is 1.31. The molecule has 0 aromatic carbocycles. The minimum atomic E-state index is -1.52. The van der Waals surface area contributed by atoms with Gasteiger partial charge < -0.3 is 40.0 Å². The molecule has 1 amide bonds. The molecule has 188 valence electrons. The van der Waals surface area contributed by atoms with E-state index < -0.39 is 37.3 Å². The second kappa shape index (κ2) is 13.7. The van der Waals surface area contributed by atoms with Crippen LogP contribution < -0.4 is 5.32 Å². The van der Waals surface area contributed by atoms with E-state index in [0.717, 1.165) is 19.3 Å². The molecule has 0 aromatic rings. The highest BCUT2D eigenvalue weighted by atomic mass is 16.7. The van der Waals surface area contributed by atoms with Crippen LogP contribution in [0, 0.1) is 11.8 Å². The third kappa shape index (κ3) is 8.42. The molecule has 1 fully saturated rings. The lowest BCUT2D eigenvalue weighted by Gasteiger charge is -2.40. The SMILES string of the molecule is COC1=CC(CNC(=O)CCCCC=CC(C)C)CC=C1O[C@@H]1O[C@H](CO)[C@@H](O)[C@H](O)[C@H]1O. The number of nitrogens with one attached hydrogen (secondary N) is 1. The molecule has 0 radical (unpaired) electrons. The van der Waals surface area contributed by atoms with Crippen molar-refractivity contribution in [1.82, 2.24) is 5.32 Å². The van der Waals surface area contributed by atoms with Crippen molar-refractivity contribution in [3.05, 3.63) is 35.8 Å². The van der Waals surface area contributed by atoms with Crippen molar-refractivity contribution in [2.45, 2.75) is 76.7 Å². The largest absolute Gasteiger partial charge is 0.493 e. The van der Waals surface area contributed by atoms with E-state index in [9.17, 15) is 25.2 Å². The Morgan fingerprint density at radius 3 is 2.64 bits per heavy atom. The van der Waals surface area contributed by atoms with Crippen molar-refractivity contribution in [3.8, 4) is 0 Å². The second-order valence-corrected chi connectivity index (χ2v) is 8.84. The molecule has 5 N–H and O–H groups in total. The van der Waals surface area contributed by atoms with E-state index in [2.05, 4.69) is 31.3 Å². The summed E-state index contributed by atoms with van der Waals surface area (Å²) >= 11 is 0. The van der Waals surface area contributed by atoms with E-state index in [4.69, 9.17) is 14.2 Å². The number of methoxy groups -OCH3 is 1. The molecule has 1 heterocycles. The first-order chi connectivity index (χ1) is 15.8. The minimum absolute atomic E-state index is 0.0139. The summed E-state index contributed by atoms with van der Waals surface area (Å²) in [5, 5.41) is 42.3. The van der Waals surface area contributed by atoms with Crippen LogP contribution in [0.25, 0.3) is 0 Å². The molecule has 2 rings (SSSR count). The molecule has 0 saturated carbocycles. The smallest absolute Gasteiger partial charge is 0.229 e. The van der Waals surface area contributed by atoms with Crippen molar-refractivity contribution in [2.24, 2.45) is 11.8 Å². The summed E-state index contributed by atoms with van der Waals surface area (Å²) in [6, 6.07) is 0. The zero-order valence-electron chi connectivity index (χ0n) is 19.7. The van der Waals surface area contributed by atoms with Gasteiger partial charge in [0.2, 0.25) is 12.2 Å². The van der Waals surface area contributed by atoms with Crippen LogP contribution in [0.15, 0.2) is 35.8 Å². The Bertz CT molecular complexity index is 703. The van der Waals surface area contributed by atoms with Crippen LogP contribution in [-0.2, 0) is 19.0 Å². The maximum absolute atomic E-state index is 12.1. The van der Waals surface area contributed by atoms with E-state index in [1.807, 2.05) is 6.08 Å².